The first kappa shape index (κ1) is 16.3. The molecule has 1 aromatic heterocycles. The predicted octanol–water partition coefficient (Wildman–Crippen LogP) is 3.13. The van der Waals surface area contributed by atoms with Crippen LogP contribution in [0.15, 0.2) is 48.7 Å². The Bertz CT molecular complexity index is 517. The van der Waals surface area contributed by atoms with Gasteiger partial charge in [0.25, 0.3) is 0 Å². The maximum absolute atomic E-state index is 5.64. The molecule has 0 aliphatic rings. The number of anilines is 1. The summed E-state index contributed by atoms with van der Waals surface area (Å²) in [7, 11) is 0. The first-order valence-electron chi connectivity index (χ1n) is 7.55. The van der Waals surface area contributed by atoms with Crippen molar-refractivity contribution in [3.8, 4) is 5.75 Å². The molecule has 5 heteroatoms. The maximum Gasteiger partial charge on any atom is 0.140 e. The lowest BCUT2D eigenvalue weighted by Gasteiger charge is -2.07. The van der Waals surface area contributed by atoms with Gasteiger partial charge in [0.2, 0.25) is 0 Å². The third-order valence-corrected chi connectivity index (χ3v) is 3.20. The van der Waals surface area contributed by atoms with Gasteiger partial charge in [0.05, 0.1) is 19.4 Å². The van der Waals surface area contributed by atoms with Gasteiger partial charge >= 0.3 is 0 Å². The number of unbranched alkanes of at least 4 members (excludes halogenated alkanes) is 2. The molecule has 2 aromatic rings. The summed E-state index contributed by atoms with van der Waals surface area (Å²) in [5.74, 6) is 6.64. The van der Waals surface area contributed by atoms with Gasteiger partial charge in [0.15, 0.2) is 0 Å². The summed E-state index contributed by atoms with van der Waals surface area (Å²) in [6.45, 7) is 2.16. The first-order chi connectivity index (χ1) is 10.9. The van der Waals surface area contributed by atoms with Crippen LogP contribution >= 0.6 is 0 Å². The number of nitrogens with one attached hydrogen (secondary N) is 1. The summed E-state index contributed by atoms with van der Waals surface area (Å²) < 4.78 is 11.2. The number of nitrogens with two attached hydrogens (primary N) is 1. The van der Waals surface area contributed by atoms with E-state index >= 15 is 0 Å². The fraction of sp³-hybridized carbons (Fsp3) is 0.353. The summed E-state index contributed by atoms with van der Waals surface area (Å²) in [6.07, 6.45) is 4.80. The molecular weight excluding hydrogens is 278 g/mol. The number of hydrogen-bond donors (Lipinski definition) is 2. The summed E-state index contributed by atoms with van der Waals surface area (Å²) in [6, 6.07) is 13.9. The Morgan fingerprint density at radius 2 is 1.77 bits per heavy atom. The second-order valence-electron chi connectivity index (χ2n) is 4.97. The topological polar surface area (TPSA) is 69.4 Å². The number of pyridine rings is 1. The number of hydrogen-bond acceptors (Lipinski definition) is 5. The van der Waals surface area contributed by atoms with E-state index in [1.807, 2.05) is 24.3 Å². The zero-order valence-electron chi connectivity index (χ0n) is 12.7. The molecule has 0 bridgehead atoms. The van der Waals surface area contributed by atoms with E-state index in [1.54, 1.807) is 12.3 Å². The average Bonchev–Trinajstić information content (AvgIpc) is 2.59. The minimum Gasteiger partial charge on any atom is -0.492 e. The Morgan fingerprint density at radius 1 is 0.955 bits per heavy atom. The summed E-state index contributed by atoms with van der Waals surface area (Å²) in [5, 5.41) is 0. The number of ether oxygens (including phenoxy) is 2. The fourth-order valence-electron chi connectivity index (χ4n) is 1.99. The van der Waals surface area contributed by atoms with Crippen molar-refractivity contribution >= 4 is 5.82 Å². The SMILES string of the molecule is NNc1ccc(OCCCCCOCc2ccccc2)cn1. The first-order valence-corrected chi connectivity index (χ1v) is 7.55. The van der Waals surface area contributed by atoms with E-state index in [1.165, 1.54) is 5.56 Å². The molecule has 0 saturated carbocycles. The smallest absolute Gasteiger partial charge is 0.140 e. The third kappa shape index (κ3) is 6.11. The monoisotopic (exact) mass is 301 g/mol. The van der Waals surface area contributed by atoms with Gasteiger partial charge in [-0.15, -0.1) is 0 Å². The van der Waals surface area contributed by atoms with Crippen molar-refractivity contribution in [2.45, 2.75) is 25.9 Å². The van der Waals surface area contributed by atoms with Crippen LogP contribution in [0.1, 0.15) is 24.8 Å². The second-order valence-corrected chi connectivity index (χ2v) is 4.97. The van der Waals surface area contributed by atoms with Gasteiger partial charge in [-0.1, -0.05) is 30.3 Å². The van der Waals surface area contributed by atoms with Gasteiger partial charge in [-0.25, -0.2) is 10.8 Å². The van der Waals surface area contributed by atoms with Crippen LogP contribution in [-0.2, 0) is 11.3 Å². The van der Waals surface area contributed by atoms with Crippen LogP contribution in [0, 0.1) is 0 Å². The van der Waals surface area contributed by atoms with Crippen molar-refractivity contribution in [2.24, 2.45) is 5.84 Å². The van der Waals surface area contributed by atoms with E-state index in [0.717, 1.165) is 31.6 Å². The average molecular weight is 301 g/mol. The molecule has 0 radical (unpaired) electrons. The molecule has 0 saturated heterocycles. The highest BCUT2D eigenvalue weighted by molar-refractivity contribution is 5.35. The van der Waals surface area contributed by atoms with Crippen LogP contribution < -0.4 is 16.0 Å². The Balaban J connectivity index is 1.47. The summed E-state index contributed by atoms with van der Waals surface area (Å²) in [4.78, 5) is 4.08. The van der Waals surface area contributed by atoms with Crippen molar-refractivity contribution < 1.29 is 9.47 Å². The lowest BCUT2D eigenvalue weighted by atomic mass is 10.2. The minimum atomic E-state index is 0.628. The van der Waals surface area contributed by atoms with Crippen molar-refractivity contribution in [3.63, 3.8) is 0 Å². The predicted molar refractivity (Wildman–Crippen MR) is 87.5 cm³/mol. The zero-order valence-corrected chi connectivity index (χ0v) is 12.7. The van der Waals surface area contributed by atoms with Gasteiger partial charge in [-0.2, -0.15) is 0 Å². The molecule has 0 aliphatic heterocycles. The summed E-state index contributed by atoms with van der Waals surface area (Å²) >= 11 is 0. The van der Waals surface area contributed by atoms with Crippen molar-refractivity contribution in [1.29, 1.82) is 0 Å². The van der Waals surface area contributed by atoms with Crippen LogP contribution in [0.2, 0.25) is 0 Å². The van der Waals surface area contributed by atoms with E-state index in [9.17, 15) is 0 Å². The van der Waals surface area contributed by atoms with Gasteiger partial charge in [0, 0.05) is 6.61 Å². The van der Waals surface area contributed by atoms with Gasteiger partial charge in [0.1, 0.15) is 11.6 Å². The maximum atomic E-state index is 5.64. The van der Waals surface area contributed by atoms with Gasteiger partial charge < -0.3 is 14.9 Å². The lowest BCUT2D eigenvalue weighted by Crippen LogP contribution is -2.08. The molecule has 1 heterocycles. The van der Waals surface area contributed by atoms with Crippen molar-refractivity contribution in [3.05, 3.63) is 54.2 Å². The van der Waals surface area contributed by atoms with Crippen LogP contribution in [-0.4, -0.2) is 18.2 Å². The molecule has 0 fully saturated rings. The Morgan fingerprint density at radius 3 is 2.50 bits per heavy atom. The van der Waals surface area contributed by atoms with E-state index in [4.69, 9.17) is 15.3 Å². The highest BCUT2D eigenvalue weighted by atomic mass is 16.5. The molecule has 0 aliphatic carbocycles. The van der Waals surface area contributed by atoms with Crippen LogP contribution in [0.5, 0.6) is 5.75 Å². The van der Waals surface area contributed by atoms with Gasteiger partial charge in [-0.3, -0.25) is 0 Å². The van der Waals surface area contributed by atoms with E-state index < -0.39 is 0 Å². The number of nitrogen functional groups attached to an aromatic ring is 1. The molecule has 0 amide bonds. The Hall–Kier alpha value is -2.11. The molecule has 2 rings (SSSR count). The highest BCUT2D eigenvalue weighted by Gasteiger charge is 1.96. The second kappa shape index (κ2) is 9.76. The van der Waals surface area contributed by atoms with Crippen LogP contribution in [0.3, 0.4) is 0 Å². The highest BCUT2D eigenvalue weighted by Crippen LogP contribution is 2.12. The molecule has 1 aromatic carbocycles. The molecule has 0 spiro atoms. The molecule has 22 heavy (non-hydrogen) atoms. The quantitative estimate of drug-likeness (QED) is 0.401. The molecule has 0 unspecified atom stereocenters. The minimum absolute atomic E-state index is 0.628. The molecule has 3 N–H and O–H groups in total. The standard InChI is InChI=1S/C17H23N3O2/c18-20-17-10-9-16(13-19-17)22-12-6-2-5-11-21-14-15-7-3-1-4-8-15/h1,3-4,7-10,13H,2,5-6,11-12,14,18H2,(H,19,20). The van der Waals surface area contributed by atoms with Crippen molar-refractivity contribution in [1.82, 2.24) is 4.98 Å². The van der Waals surface area contributed by atoms with E-state index in [2.05, 4.69) is 22.5 Å². The number of aromatic nitrogens is 1. The number of rotatable bonds is 10. The van der Waals surface area contributed by atoms with E-state index in [0.29, 0.717) is 19.0 Å². The zero-order chi connectivity index (χ0) is 15.5. The van der Waals surface area contributed by atoms with Crippen molar-refractivity contribution in [2.75, 3.05) is 18.6 Å². The van der Waals surface area contributed by atoms with Gasteiger partial charge in [-0.05, 0) is 37.0 Å². The fourth-order valence-corrected chi connectivity index (χ4v) is 1.99. The van der Waals surface area contributed by atoms with Crippen LogP contribution in [0.25, 0.3) is 0 Å². The third-order valence-electron chi connectivity index (χ3n) is 3.20. The molecule has 118 valence electrons. The largest absolute Gasteiger partial charge is 0.492 e. The normalized spacial score (nSPS) is 10.4. The Labute approximate surface area is 131 Å². The Kier molecular flexibility index (Phi) is 7.21. The number of hydrazine groups is 1. The van der Waals surface area contributed by atoms with E-state index in [-0.39, 0.29) is 0 Å². The van der Waals surface area contributed by atoms with Crippen LogP contribution in [0.4, 0.5) is 5.82 Å². The lowest BCUT2D eigenvalue weighted by molar-refractivity contribution is 0.116. The molecule has 0 atom stereocenters. The summed E-state index contributed by atoms with van der Waals surface area (Å²) in [5.41, 5.74) is 3.70. The number of nitrogens with zero attached hydrogens (tertiary/aromatic N) is 1. The molecular formula is C17H23N3O2. The molecule has 5 nitrogen and oxygen atoms in total. The number of benzene rings is 1.